The number of hydrogen-bond donors (Lipinski definition) is 2. The Hall–Kier alpha value is -1.80. The van der Waals surface area contributed by atoms with Crippen LogP contribution in [-0.4, -0.2) is 51.3 Å². The van der Waals surface area contributed by atoms with Gasteiger partial charge in [0.15, 0.2) is 0 Å². The predicted octanol–water partition coefficient (Wildman–Crippen LogP) is 0.918. The molecule has 0 unspecified atom stereocenters. The summed E-state index contributed by atoms with van der Waals surface area (Å²) in [5.41, 5.74) is 0.780. The molecule has 0 spiro atoms. The Morgan fingerprint density at radius 2 is 2.04 bits per heavy atom. The molecule has 1 aromatic carbocycles. The van der Waals surface area contributed by atoms with Crippen LogP contribution < -0.4 is 15.4 Å². The molecule has 23 heavy (non-hydrogen) atoms. The Kier molecular flexibility index (Phi) is 5.84. The van der Waals surface area contributed by atoms with Crippen molar-refractivity contribution in [3.8, 4) is 5.75 Å². The van der Waals surface area contributed by atoms with Gasteiger partial charge in [0.25, 0.3) is 0 Å². The Labute approximate surface area is 137 Å². The van der Waals surface area contributed by atoms with E-state index in [1.165, 1.54) is 4.31 Å². The second-order valence-electron chi connectivity index (χ2n) is 5.58. The lowest BCUT2D eigenvalue weighted by Crippen LogP contribution is -2.42. The van der Waals surface area contributed by atoms with Gasteiger partial charge in [0.05, 0.1) is 13.4 Å². The minimum atomic E-state index is -3.39. The summed E-state index contributed by atoms with van der Waals surface area (Å²) in [5, 5.41) is 5.48. The van der Waals surface area contributed by atoms with Crippen LogP contribution in [0.25, 0.3) is 0 Å². The molecule has 0 radical (unpaired) electrons. The van der Waals surface area contributed by atoms with Gasteiger partial charge in [-0.05, 0) is 18.9 Å². The lowest BCUT2D eigenvalue weighted by atomic mass is 10.2. The number of sulfonamides is 1. The molecule has 1 aromatic rings. The van der Waals surface area contributed by atoms with E-state index < -0.39 is 10.0 Å². The van der Waals surface area contributed by atoms with Crippen LogP contribution in [0.1, 0.15) is 18.4 Å². The third kappa shape index (κ3) is 5.72. The fourth-order valence-corrected chi connectivity index (χ4v) is 2.94. The summed E-state index contributed by atoms with van der Waals surface area (Å²) in [7, 11) is -1.84. The summed E-state index contributed by atoms with van der Waals surface area (Å²) in [6, 6.07) is 7.30. The van der Waals surface area contributed by atoms with E-state index in [1.54, 1.807) is 13.2 Å². The fourth-order valence-electron chi connectivity index (χ4n) is 2.14. The molecule has 0 saturated heterocycles. The summed E-state index contributed by atoms with van der Waals surface area (Å²) in [5.74, 6) is 0.639. The first-order valence-corrected chi connectivity index (χ1v) is 9.36. The van der Waals surface area contributed by atoms with Crippen LogP contribution in [0, 0.1) is 0 Å². The van der Waals surface area contributed by atoms with Gasteiger partial charge in [0, 0.05) is 31.2 Å². The number of amides is 2. The average molecular weight is 341 g/mol. The van der Waals surface area contributed by atoms with Gasteiger partial charge in [-0.25, -0.2) is 13.2 Å². The number of benzene rings is 1. The van der Waals surface area contributed by atoms with Crippen molar-refractivity contribution in [3.05, 3.63) is 29.8 Å². The lowest BCUT2D eigenvalue weighted by molar-refractivity contribution is 0.239. The van der Waals surface area contributed by atoms with Gasteiger partial charge in [-0.2, -0.15) is 4.31 Å². The van der Waals surface area contributed by atoms with Gasteiger partial charge >= 0.3 is 6.03 Å². The first-order valence-electron chi connectivity index (χ1n) is 7.51. The number of rotatable bonds is 8. The molecule has 1 aliphatic rings. The van der Waals surface area contributed by atoms with Crippen molar-refractivity contribution in [2.45, 2.75) is 25.4 Å². The van der Waals surface area contributed by atoms with Crippen LogP contribution in [0.4, 0.5) is 4.79 Å². The van der Waals surface area contributed by atoms with Gasteiger partial charge in [-0.3, -0.25) is 0 Å². The van der Waals surface area contributed by atoms with E-state index >= 15 is 0 Å². The second-order valence-corrected chi connectivity index (χ2v) is 7.57. The van der Waals surface area contributed by atoms with E-state index in [0.717, 1.165) is 24.7 Å². The Morgan fingerprint density at radius 1 is 1.35 bits per heavy atom. The lowest BCUT2D eigenvalue weighted by Gasteiger charge is -2.21. The molecule has 2 rings (SSSR count). The molecule has 0 aliphatic heterocycles. The van der Waals surface area contributed by atoms with Crippen molar-refractivity contribution in [3.63, 3.8) is 0 Å². The van der Waals surface area contributed by atoms with Gasteiger partial charge in [0.2, 0.25) is 10.0 Å². The molecule has 0 aromatic heterocycles. The van der Waals surface area contributed by atoms with Crippen LogP contribution in [0.15, 0.2) is 24.3 Å². The monoisotopic (exact) mass is 341 g/mol. The Morgan fingerprint density at radius 3 is 2.65 bits per heavy atom. The normalized spacial score (nSPS) is 14.6. The number of urea groups is 1. The summed E-state index contributed by atoms with van der Waals surface area (Å²) in [6.07, 6.45) is 3.18. The molecule has 0 bridgehead atoms. The van der Waals surface area contributed by atoms with Crippen molar-refractivity contribution < 1.29 is 17.9 Å². The smallest absolute Gasteiger partial charge is 0.315 e. The largest absolute Gasteiger partial charge is 0.496 e. The standard InChI is InChI=1S/C15H23N3O4S/c1-22-14-6-4-3-5-12(14)11-18(23(2,20)21)10-9-16-15(19)17-13-7-8-13/h3-6,13H,7-11H2,1-2H3,(H2,16,17,19). The third-order valence-corrected chi connectivity index (χ3v) is 4.82. The SMILES string of the molecule is COc1ccccc1CN(CCNC(=O)NC1CC1)S(C)(=O)=O. The van der Waals surface area contributed by atoms with Crippen LogP contribution >= 0.6 is 0 Å². The number of para-hydroxylation sites is 1. The van der Waals surface area contributed by atoms with Crippen LogP contribution in [0.2, 0.25) is 0 Å². The molecule has 2 N–H and O–H groups in total. The molecule has 1 aliphatic carbocycles. The van der Waals surface area contributed by atoms with Crippen molar-refractivity contribution >= 4 is 16.1 Å². The molecule has 1 saturated carbocycles. The molecule has 7 nitrogen and oxygen atoms in total. The van der Waals surface area contributed by atoms with Crippen LogP contribution in [-0.2, 0) is 16.6 Å². The first-order chi connectivity index (χ1) is 10.9. The zero-order chi connectivity index (χ0) is 16.9. The average Bonchev–Trinajstić information content (AvgIpc) is 3.29. The molecule has 0 atom stereocenters. The van der Waals surface area contributed by atoms with Crippen molar-refractivity contribution in [2.75, 3.05) is 26.5 Å². The highest BCUT2D eigenvalue weighted by Crippen LogP contribution is 2.20. The number of ether oxygens (including phenoxy) is 1. The van der Waals surface area contributed by atoms with Gasteiger partial charge in [-0.1, -0.05) is 18.2 Å². The number of carbonyl (C=O) groups is 1. The van der Waals surface area contributed by atoms with Crippen LogP contribution in [0.3, 0.4) is 0 Å². The molecule has 1 fully saturated rings. The van der Waals surface area contributed by atoms with Crippen molar-refractivity contribution in [1.29, 1.82) is 0 Å². The molecular weight excluding hydrogens is 318 g/mol. The van der Waals surface area contributed by atoms with E-state index in [2.05, 4.69) is 10.6 Å². The number of nitrogens with one attached hydrogen (secondary N) is 2. The number of hydrogen-bond acceptors (Lipinski definition) is 4. The van der Waals surface area contributed by atoms with Gasteiger partial charge < -0.3 is 15.4 Å². The molecule has 8 heteroatoms. The maximum Gasteiger partial charge on any atom is 0.315 e. The summed E-state index contributed by atoms with van der Waals surface area (Å²) < 4.78 is 30.5. The van der Waals surface area contributed by atoms with Gasteiger partial charge in [-0.15, -0.1) is 0 Å². The third-order valence-electron chi connectivity index (χ3n) is 3.57. The number of nitrogens with zero attached hydrogens (tertiary/aromatic N) is 1. The minimum absolute atomic E-state index is 0.203. The minimum Gasteiger partial charge on any atom is -0.496 e. The van der Waals surface area contributed by atoms with Gasteiger partial charge in [0.1, 0.15) is 5.75 Å². The summed E-state index contributed by atoms with van der Waals surface area (Å²) >= 11 is 0. The van der Waals surface area contributed by atoms with Crippen molar-refractivity contribution in [1.82, 2.24) is 14.9 Å². The second kappa shape index (κ2) is 7.65. The van der Waals surface area contributed by atoms with E-state index in [-0.39, 0.29) is 31.7 Å². The maximum absolute atomic E-state index is 12.0. The molecule has 2 amide bonds. The van der Waals surface area contributed by atoms with E-state index in [1.807, 2.05) is 18.2 Å². The Balaban J connectivity index is 1.93. The zero-order valence-electron chi connectivity index (χ0n) is 13.4. The predicted molar refractivity (Wildman–Crippen MR) is 87.8 cm³/mol. The van der Waals surface area contributed by atoms with E-state index in [4.69, 9.17) is 4.74 Å². The zero-order valence-corrected chi connectivity index (χ0v) is 14.2. The highest BCUT2D eigenvalue weighted by atomic mass is 32.2. The molecule has 128 valence electrons. The topological polar surface area (TPSA) is 87.7 Å². The highest BCUT2D eigenvalue weighted by molar-refractivity contribution is 7.88. The maximum atomic E-state index is 12.0. The molecular formula is C15H23N3O4S. The Bertz CT molecular complexity index is 644. The first kappa shape index (κ1) is 17.6. The fraction of sp³-hybridized carbons (Fsp3) is 0.533. The quantitative estimate of drug-likeness (QED) is 0.736. The number of carbonyl (C=O) groups excluding carboxylic acids is 1. The summed E-state index contributed by atoms with van der Waals surface area (Å²) in [4.78, 5) is 11.6. The molecule has 0 heterocycles. The highest BCUT2D eigenvalue weighted by Gasteiger charge is 2.23. The summed E-state index contributed by atoms with van der Waals surface area (Å²) in [6.45, 7) is 0.657. The van der Waals surface area contributed by atoms with Crippen molar-refractivity contribution in [2.24, 2.45) is 0 Å². The number of methoxy groups -OCH3 is 1. The van der Waals surface area contributed by atoms with E-state index in [0.29, 0.717) is 5.75 Å². The van der Waals surface area contributed by atoms with Crippen LogP contribution in [0.5, 0.6) is 5.75 Å². The van der Waals surface area contributed by atoms with E-state index in [9.17, 15) is 13.2 Å².